The maximum Gasteiger partial charge on any atom is 0.322 e. The van der Waals surface area contributed by atoms with E-state index in [0.29, 0.717) is 18.6 Å². The molecule has 0 heterocycles. The fourth-order valence-corrected chi connectivity index (χ4v) is 3.18. The van der Waals surface area contributed by atoms with Gasteiger partial charge < -0.3 is 26.8 Å². The molecule has 0 rings (SSSR count). The van der Waals surface area contributed by atoms with Crippen LogP contribution in [-0.4, -0.2) is 77.5 Å². The van der Waals surface area contributed by atoms with Crippen LogP contribution in [0.5, 0.6) is 0 Å². The molecule has 0 spiro atoms. The van der Waals surface area contributed by atoms with Crippen molar-refractivity contribution in [1.29, 1.82) is 0 Å². The Balaban J connectivity index is 5.06. The highest BCUT2D eigenvalue weighted by molar-refractivity contribution is 7.98. The molecule has 28 heavy (non-hydrogen) atoms. The molecule has 0 bridgehead atoms. The zero-order chi connectivity index (χ0) is 21.7. The van der Waals surface area contributed by atoms with Crippen LogP contribution in [0.3, 0.4) is 0 Å². The first-order valence-electron chi connectivity index (χ1n) is 8.97. The number of thioether (sulfide) groups is 2. The molecule has 0 radical (unpaired) electrons. The molecule has 11 heteroatoms. The zero-order valence-corrected chi connectivity index (χ0v) is 18.5. The maximum absolute atomic E-state index is 12.7. The summed E-state index contributed by atoms with van der Waals surface area (Å²) in [5.41, 5.74) is 5.86. The highest BCUT2D eigenvalue weighted by atomic mass is 32.2. The molecule has 0 aliphatic rings. The van der Waals surface area contributed by atoms with E-state index in [1.54, 1.807) is 25.6 Å². The molecular weight excluding hydrogens is 404 g/mol. The Morgan fingerprint density at radius 2 is 1.50 bits per heavy atom. The number of nitrogens with two attached hydrogens (primary N) is 1. The van der Waals surface area contributed by atoms with E-state index in [1.165, 1.54) is 11.8 Å². The molecule has 0 aliphatic carbocycles. The number of amides is 3. The van der Waals surface area contributed by atoms with Crippen LogP contribution in [0.2, 0.25) is 0 Å². The number of carboxylic acids is 1. The molecule has 0 saturated carbocycles. The average molecular weight is 437 g/mol. The Hall–Kier alpha value is -1.46. The Bertz CT molecular complexity index is 534. The van der Waals surface area contributed by atoms with Crippen LogP contribution < -0.4 is 21.7 Å². The molecule has 9 nitrogen and oxygen atoms in total. The van der Waals surface area contributed by atoms with Gasteiger partial charge in [0.25, 0.3) is 0 Å². The highest BCUT2D eigenvalue weighted by Crippen LogP contribution is 2.07. The van der Waals surface area contributed by atoms with Gasteiger partial charge in [-0.15, -0.1) is 0 Å². The van der Waals surface area contributed by atoms with Crippen molar-refractivity contribution in [2.24, 2.45) is 11.7 Å². The first-order chi connectivity index (χ1) is 13.1. The first-order valence-corrected chi connectivity index (χ1v) is 11.8. The summed E-state index contributed by atoms with van der Waals surface area (Å²) in [7, 11) is 0. The van der Waals surface area contributed by atoms with Crippen molar-refractivity contribution < 1.29 is 24.3 Å². The summed E-state index contributed by atoms with van der Waals surface area (Å²) in [4.78, 5) is 47.8. The van der Waals surface area contributed by atoms with Gasteiger partial charge in [-0.05, 0) is 42.8 Å². The molecule has 162 valence electrons. The minimum Gasteiger partial charge on any atom is -0.480 e. The molecule has 0 aromatic carbocycles. The van der Waals surface area contributed by atoms with E-state index in [9.17, 15) is 19.2 Å². The van der Waals surface area contributed by atoms with Crippen LogP contribution in [0.4, 0.5) is 0 Å². The predicted octanol–water partition coefficient (Wildman–Crippen LogP) is -0.354. The summed E-state index contributed by atoms with van der Waals surface area (Å²) >= 11 is 3.11. The van der Waals surface area contributed by atoms with Crippen LogP contribution in [-0.2, 0) is 19.2 Å². The van der Waals surface area contributed by atoms with Gasteiger partial charge >= 0.3 is 5.97 Å². The number of carbonyl (C=O) groups excluding carboxylic acids is 3. The van der Waals surface area contributed by atoms with Gasteiger partial charge in [0.05, 0.1) is 6.04 Å². The van der Waals surface area contributed by atoms with E-state index in [1.807, 2.05) is 12.5 Å². The lowest BCUT2D eigenvalue weighted by Gasteiger charge is -2.25. The molecule has 0 aromatic heterocycles. The topological polar surface area (TPSA) is 151 Å². The summed E-state index contributed by atoms with van der Waals surface area (Å²) < 4.78 is 0. The predicted molar refractivity (Wildman–Crippen MR) is 113 cm³/mol. The molecule has 0 aromatic rings. The minimum absolute atomic E-state index is 0.265. The fourth-order valence-electron chi connectivity index (χ4n) is 2.22. The highest BCUT2D eigenvalue weighted by Gasteiger charge is 2.29. The summed E-state index contributed by atoms with van der Waals surface area (Å²) in [5.74, 6) is -1.57. The lowest BCUT2D eigenvalue weighted by atomic mass is 10.0. The Morgan fingerprint density at radius 1 is 0.929 bits per heavy atom. The van der Waals surface area contributed by atoms with Gasteiger partial charge in [-0.2, -0.15) is 23.5 Å². The van der Waals surface area contributed by atoms with Gasteiger partial charge in [-0.3, -0.25) is 19.2 Å². The normalized spacial score (nSPS) is 14.1. The third kappa shape index (κ3) is 10.8. The second-order valence-corrected chi connectivity index (χ2v) is 8.54. The standard InChI is InChI=1S/C17H32N4O5S2/c1-10(2)14(17(26)19-9-13(22)23)21-16(25)12(6-8-28-4)20-15(24)11(18)5-7-27-3/h10-12,14H,5-9,18H2,1-4H3,(H,19,26)(H,20,24)(H,21,25)(H,22,23). The van der Waals surface area contributed by atoms with Gasteiger partial charge in [0, 0.05) is 0 Å². The van der Waals surface area contributed by atoms with E-state index in [-0.39, 0.29) is 5.92 Å². The van der Waals surface area contributed by atoms with Crippen molar-refractivity contribution in [3.8, 4) is 0 Å². The van der Waals surface area contributed by atoms with Gasteiger partial charge in [-0.1, -0.05) is 13.8 Å². The summed E-state index contributed by atoms with van der Waals surface area (Å²) in [6.07, 6.45) is 4.68. The van der Waals surface area contributed by atoms with Gasteiger partial charge in [0.1, 0.15) is 18.6 Å². The third-order valence-corrected chi connectivity index (χ3v) is 5.16. The van der Waals surface area contributed by atoms with Crippen LogP contribution in [0.1, 0.15) is 26.7 Å². The quantitative estimate of drug-likeness (QED) is 0.248. The third-order valence-electron chi connectivity index (χ3n) is 3.87. The van der Waals surface area contributed by atoms with Crippen molar-refractivity contribution in [3.05, 3.63) is 0 Å². The van der Waals surface area contributed by atoms with E-state index >= 15 is 0 Å². The number of hydrogen-bond acceptors (Lipinski definition) is 7. The van der Waals surface area contributed by atoms with Gasteiger partial charge in [0.2, 0.25) is 17.7 Å². The Morgan fingerprint density at radius 3 is 2.00 bits per heavy atom. The van der Waals surface area contributed by atoms with E-state index in [4.69, 9.17) is 10.8 Å². The Kier molecular flexibility index (Phi) is 13.8. The van der Waals surface area contributed by atoms with Crippen molar-refractivity contribution in [2.45, 2.75) is 44.8 Å². The largest absolute Gasteiger partial charge is 0.480 e. The van der Waals surface area contributed by atoms with Crippen molar-refractivity contribution in [1.82, 2.24) is 16.0 Å². The molecular formula is C17H32N4O5S2. The molecule has 3 atom stereocenters. The molecule has 0 aliphatic heterocycles. The number of carboxylic acid groups (broad SMARTS) is 1. The molecule has 3 amide bonds. The van der Waals surface area contributed by atoms with Gasteiger partial charge in [0.15, 0.2) is 0 Å². The van der Waals surface area contributed by atoms with E-state index < -0.39 is 48.4 Å². The van der Waals surface area contributed by atoms with E-state index in [2.05, 4.69) is 16.0 Å². The minimum atomic E-state index is -1.17. The van der Waals surface area contributed by atoms with Crippen LogP contribution >= 0.6 is 23.5 Å². The number of aliphatic carboxylic acids is 1. The maximum atomic E-state index is 12.7. The van der Waals surface area contributed by atoms with Crippen molar-refractivity contribution in [3.63, 3.8) is 0 Å². The number of nitrogens with one attached hydrogen (secondary N) is 3. The molecule has 3 unspecified atom stereocenters. The van der Waals surface area contributed by atoms with Gasteiger partial charge in [-0.25, -0.2) is 0 Å². The van der Waals surface area contributed by atoms with Crippen molar-refractivity contribution in [2.75, 3.05) is 30.6 Å². The molecule has 6 N–H and O–H groups in total. The van der Waals surface area contributed by atoms with E-state index in [0.717, 1.165) is 5.75 Å². The number of hydrogen-bond donors (Lipinski definition) is 5. The molecule has 0 fully saturated rings. The SMILES string of the molecule is CSCCC(N)C(=O)NC(CCSC)C(=O)NC(C(=O)NCC(=O)O)C(C)C. The lowest BCUT2D eigenvalue weighted by Crippen LogP contribution is -2.57. The smallest absolute Gasteiger partial charge is 0.322 e. The summed E-state index contributed by atoms with van der Waals surface area (Å²) in [6, 6.07) is -2.45. The van der Waals surface area contributed by atoms with Crippen LogP contribution in [0.15, 0.2) is 0 Å². The van der Waals surface area contributed by atoms with Crippen LogP contribution in [0, 0.1) is 5.92 Å². The number of rotatable bonds is 14. The summed E-state index contributed by atoms with van der Waals surface area (Å²) in [6.45, 7) is 2.94. The average Bonchev–Trinajstić information content (AvgIpc) is 2.64. The fraction of sp³-hybridized carbons (Fsp3) is 0.765. The monoisotopic (exact) mass is 436 g/mol. The first kappa shape index (κ1) is 26.5. The Labute approximate surface area is 174 Å². The second-order valence-electron chi connectivity index (χ2n) is 6.57. The zero-order valence-electron chi connectivity index (χ0n) is 16.8. The second kappa shape index (κ2) is 14.5. The van der Waals surface area contributed by atoms with Crippen molar-refractivity contribution >= 4 is 47.2 Å². The summed E-state index contributed by atoms with van der Waals surface area (Å²) in [5, 5.41) is 16.3. The lowest BCUT2D eigenvalue weighted by molar-refractivity contribution is -0.139. The van der Waals surface area contributed by atoms with Crippen LogP contribution in [0.25, 0.3) is 0 Å². The molecule has 0 saturated heterocycles. The number of carbonyl (C=O) groups is 4.